The molecular formula is C73H96F5N19O14. The average Bonchev–Trinajstić information content (AvgIpc) is 1.63. The van der Waals surface area contributed by atoms with E-state index in [1.807, 2.05) is 36.4 Å². The summed E-state index contributed by atoms with van der Waals surface area (Å²) in [5, 5.41) is 50.4. The first-order valence-corrected chi connectivity index (χ1v) is 37.0. The Morgan fingerprint density at radius 2 is 1.05 bits per heavy atom. The molecule has 0 aromatic heterocycles. The second-order valence-corrected chi connectivity index (χ2v) is 28.7. The molecule has 111 heavy (non-hydrogen) atoms. The number of carbonyl (C=O) groups is 11. The van der Waals surface area contributed by atoms with E-state index in [1.165, 1.54) is 4.90 Å². The molecule has 4 fully saturated rings. The molecule has 1 saturated carbocycles. The maximum absolute atomic E-state index is 15.6. The van der Waals surface area contributed by atoms with Crippen molar-refractivity contribution in [2.45, 2.75) is 182 Å². The van der Waals surface area contributed by atoms with Crippen molar-refractivity contribution in [3.05, 3.63) is 112 Å². The Hall–Kier alpha value is -11.1. The van der Waals surface area contributed by atoms with Crippen LogP contribution in [0.2, 0.25) is 0 Å². The Kier molecular flexibility index (Phi) is 29.2. The number of carbonyl (C=O) groups excluding carboxylic acids is 10. The lowest BCUT2D eigenvalue weighted by Crippen LogP contribution is -2.62. The summed E-state index contributed by atoms with van der Waals surface area (Å²) in [4.78, 5) is 173. The number of aliphatic carboxylic acids is 1. The van der Waals surface area contributed by atoms with Crippen molar-refractivity contribution in [2.24, 2.45) is 67.1 Å². The second kappa shape index (κ2) is 38.5. The van der Waals surface area contributed by atoms with Gasteiger partial charge in [-0.15, -0.1) is 0 Å². The minimum Gasteiger partial charge on any atom is -0.480 e. The van der Waals surface area contributed by atoms with E-state index in [1.54, 1.807) is 12.1 Å². The number of hydrogen-bond acceptors (Lipinski definition) is 16. The van der Waals surface area contributed by atoms with Gasteiger partial charge >= 0.3 is 5.97 Å². The molecule has 0 bridgehead atoms. The molecule has 3 heterocycles. The lowest BCUT2D eigenvalue weighted by atomic mass is 9.84. The molecule has 3 unspecified atom stereocenters. The summed E-state index contributed by atoms with van der Waals surface area (Å²) >= 11 is 0. The van der Waals surface area contributed by atoms with Crippen molar-refractivity contribution in [1.29, 1.82) is 0 Å². The zero-order valence-corrected chi connectivity index (χ0v) is 60.9. The average molecular weight is 1560 g/mol. The molecule has 3 aliphatic heterocycles. The van der Waals surface area contributed by atoms with Gasteiger partial charge in [0.05, 0.1) is 24.8 Å². The Labute approximate surface area is 635 Å². The van der Waals surface area contributed by atoms with Crippen molar-refractivity contribution in [1.82, 2.24) is 51.9 Å². The minimum atomic E-state index is -2.44. The van der Waals surface area contributed by atoms with E-state index in [9.17, 15) is 85.2 Å². The molecule has 0 radical (unpaired) electrons. The fourth-order valence-corrected chi connectivity index (χ4v) is 15.8. The van der Waals surface area contributed by atoms with E-state index in [-0.39, 0.29) is 127 Å². The highest BCUT2D eigenvalue weighted by Gasteiger charge is 2.52. The Balaban J connectivity index is 0.882. The number of aliphatic hydroxyl groups is 2. The Morgan fingerprint density at radius 3 is 1.59 bits per heavy atom. The first-order chi connectivity index (χ1) is 52.9. The summed E-state index contributed by atoms with van der Waals surface area (Å²) in [5.41, 5.74) is 35.0. The number of fused-ring (bicyclic) bond motifs is 3. The molecule has 3 aromatic carbocycles. The van der Waals surface area contributed by atoms with Gasteiger partial charge in [-0.05, 0) is 142 Å². The minimum absolute atomic E-state index is 0.0150. The van der Waals surface area contributed by atoms with Crippen LogP contribution in [-0.4, -0.2) is 225 Å². The highest BCUT2D eigenvalue weighted by molar-refractivity contribution is 6.00. The molecule has 3 saturated heterocycles. The number of carboxylic acid groups (broad SMARTS) is 1. The SMILES string of the molecule is NC(N)=NCCC[C@H](NC(=O)C1CC2CCCCC2N1C(=O)[C@H](NC(=O)[C@H](CO)NC(=O)[C@@H](NC(=O)CNC(=O)[C@@H]1C[C@@H](O)CN1C(=O)[C@@H]1CCCN1C(=O)[C@H](CCCN=C(N)N)NC(=O)[C@@H](CCCN=C(N)N)NC(=O)/C=C/c1c(F)c(F)c(F)c(F)c1F)C1Cc2ccccc2C1)C1Cc2ccccc2C1)C(=O)O. The third-order valence-electron chi connectivity index (χ3n) is 21.2. The number of nitrogens with zero attached hydrogens (tertiary/aromatic N) is 6. The summed E-state index contributed by atoms with van der Waals surface area (Å²) in [6.45, 7) is -2.37. The van der Waals surface area contributed by atoms with Gasteiger partial charge in [0.1, 0.15) is 54.4 Å². The van der Waals surface area contributed by atoms with Crippen LogP contribution < -0.4 is 71.6 Å². The standard InChI is InChI=1S/C73H96F5N19O14/c74-55-44(56(75)58(77)59(78)57(55)76)21-22-53(100)89-45(16-7-23-85-71(79)80)62(102)90-46(17-8-24-86-72(81)82)67(107)95-26-10-20-50(95)68(108)96-34-43(99)32-51(96)64(104)88-33-54(101)93-60(41-27-36-11-1-2-12-37(36)28-41)66(106)92-48(35-98)63(103)94-61(42-29-38-13-3-4-14-39(38)30-42)69(109)97-49-19-6-5-15-40(49)31-52(97)65(105)91-47(70(110)111)18-9-25-87-73(83)84/h1-4,11-14,21-22,40-43,45-52,60-61,98-99H,5-10,15-20,23-35H2,(H,88,104)(H,89,100)(H,90,102)(H,91,105)(H,92,106)(H,93,101)(H,94,103)(H,110,111)(H4,79,80,85)(H4,81,82,86)(H4,83,84,87)/b22-21+/t40?,43-,45-,46+,47+,48+,49?,50+,51+,52?,60+,61-/m1/s1. The zero-order chi connectivity index (χ0) is 80.5. The molecule has 6 aliphatic rings. The number of guanidine groups is 3. The summed E-state index contributed by atoms with van der Waals surface area (Å²) < 4.78 is 70.9. The van der Waals surface area contributed by atoms with E-state index in [2.05, 4.69) is 52.2 Å². The van der Waals surface area contributed by atoms with Gasteiger partial charge in [0, 0.05) is 51.3 Å². The van der Waals surface area contributed by atoms with E-state index in [4.69, 9.17) is 34.4 Å². The molecule has 38 heteroatoms. The highest BCUT2D eigenvalue weighted by atomic mass is 19.2. The summed E-state index contributed by atoms with van der Waals surface area (Å²) in [5.74, 6) is -24.0. The predicted octanol–water partition coefficient (Wildman–Crippen LogP) is -2.40. The predicted molar refractivity (Wildman–Crippen MR) is 391 cm³/mol. The van der Waals surface area contributed by atoms with Crippen LogP contribution in [0.15, 0.2) is 69.6 Å². The largest absolute Gasteiger partial charge is 0.480 e. The number of nitrogens with one attached hydrogen (secondary N) is 7. The third-order valence-corrected chi connectivity index (χ3v) is 21.2. The normalized spacial score (nSPS) is 20.9. The smallest absolute Gasteiger partial charge is 0.326 e. The molecule has 3 aliphatic carbocycles. The topological polar surface area (TPSA) is 536 Å². The van der Waals surface area contributed by atoms with Gasteiger partial charge in [-0.2, -0.15) is 0 Å². The third kappa shape index (κ3) is 21.3. The van der Waals surface area contributed by atoms with Crippen molar-refractivity contribution in [3.63, 3.8) is 0 Å². The molecule has 10 amide bonds. The second-order valence-electron chi connectivity index (χ2n) is 28.7. The number of amides is 10. The number of benzene rings is 3. The van der Waals surface area contributed by atoms with E-state index >= 15 is 4.79 Å². The van der Waals surface area contributed by atoms with Crippen LogP contribution in [0, 0.1) is 46.8 Å². The fourth-order valence-electron chi connectivity index (χ4n) is 15.8. The molecule has 33 nitrogen and oxygen atoms in total. The van der Waals surface area contributed by atoms with Gasteiger partial charge in [-0.25, -0.2) is 26.7 Å². The van der Waals surface area contributed by atoms with E-state index in [0.29, 0.717) is 37.8 Å². The molecular weight excluding hydrogens is 1460 g/mol. The number of likely N-dealkylation sites (tertiary alicyclic amines) is 3. The van der Waals surface area contributed by atoms with Crippen molar-refractivity contribution in [2.75, 3.05) is 45.9 Å². The van der Waals surface area contributed by atoms with Crippen LogP contribution in [0.25, 0.3) is 6.08 Å². The van der Waals surface area contributed by atoms with Crippen LogP contribution in [0.3, 0.4) is 0 Å². The molecule has 3 aromatic rings. The lowest BCUT2D eigenvalue weighted by Gasteiger charge is -2.38. The van der Waals surface area contributed by atoms with Crippen LogP contribution in [0.5, 0.6) is 0 Å². The summed E-state index contributed by atoms with van der Waals surface area (Å²) in [7, 11) is 0. The summed E-state index contributed by atoms with van der Waals surface area (Å²) in [6.07, 6.45) is 3.17. The fraction of sp³-hybridized carbons (Fsp3) is 0.534. The quantitative estimate of drug-likeness (QED) is 0.00564. The Bertz CT molecular complexity index is 4030. The van der Waals surface area contributed by atoms with Gasteiger partial charge in [-0.3, -0.25) is 62.9 Å². The first kappa shape index (κ1) is 84.0. The number of aliphatic hydroxyl groups excluding tert-OH is 2. The van der Waals surface area contributed by atoms with Gasteiger partial charge < -0.3 is 102 Å². The van der Waals surface area contributed by atoms with Gasteiger partial charge in [0.15, 0.2) is 41.1 Å². The van der Waals surface area contributed by atoms with Gasteiger partial charge in [-0.1, -0.05) is 61.4 Å². The number of hydrogen-bond donors (Lipinski definition) is 16. The molecule has 0 spiro atoms. The maximum Gasteiger partial charge on any atom is 0.326 e. The lowest BCUT2D eigenvalue weighted by molar-refractivity contribution is -0.148. The molecule has 22 N–H and O–H groups in total. The number of rotatable bonds is 34. The monoisotopic (exact) mass is 1560 g/mol. The zero-order valence-electron chi connectivity index (χ0n) is 60.9. The van der Waals surface area contributed by atoms with Gasteiger partial charge in [0.2, 0.25) is 64.9 Å². The van der Waals surface area contributed by atoms with E-state index < -0.39 is 198 Å². The molecule has 9 rings (SSSR count). The number of halogens is 5. The van der Waals surface area contributed by atoms with Crippen LogP contribution >= 0.6 is 0 Å². The number of β-amino-alcohol motifs (C(OH)–C–C–N with tert-alkyl or cyclic N) is 1. The van der Waals surface area contributed by atoms with Gasteiger partial charge in [0.25, 0.3) is 0 Å². The maximum atomic E-state index is 15.6. The molecule has 602 valence electrons. The van der Waals surface area contributed by atoms with Crippen LogP contribution in [-0.2, 0) is 78.4 Å². The number of carboxylic acids is 1. The Morgan fingerprint density at radius 1 is 0.532 bits per heavy atom. The van der Waals surface area contributed by atoms with Crippen molar-refractivity contribution < 1.29 is 90.0 Å². The van der Waals surface area contributed by atoms with Crippen molar-refractivity contribution >= 4 is 89.0 Å². The van der Waals surface area contributed by atoms with Crippen molar-refractivity contribution in [3.8, 4) is 0 Å². The van der Waals surface area contributed by atoms with Crippen LogP contribution in [0.4, 0.5) is 22.0 Å². The van der Waals surface area contributed by atoms with Crippen LogP contribution in [0.1, 0.15) is 118 Å². The number of aliphatic imine (C=N–C) groups is 3. The van der Waals surface area contributed by atoms with E-state index in [0.717, 1.165) is 44.9 Å². The summed E-state index contributed by atoms with van der Waals surface area (Å²) in [6, 6.07) is 1.41. The first-order valence-electron chi connectivity index (χ1n) is 37.0. The highest BCUT2D eigenvalue weighted by Crippen LogP contribution is 2.42. The number of nitrogens with two attached hydrogens (primary N) is 6. The molecule has 12 atom stereocenters.